The maximum atomic E-state index is 12.0. The minimum absolute atomic E-state index is 0.0335. The molecule has 1 aromatic heterocycles. The molecule has 1 aromatic carbocycles. The van der Waals surface area contributed by atoms with Gasteiger partial charge in [-0.3, -0.25) is 9.36 Å². The van der Waals surface area contributed by atoms with Crippen LogP contribution in [0.4, 0.5) is 0 Å². The van der Waals surface area contributed by atoms with Crippen LogP contribution in [0.1, 0.15) is 6.92 Å². The van der Waals surface area contributed by atoms with E-state index in [1.54, 1.807) is 25.3 Å². The van der Waals surface area contributed by atoms with Gasteiger partial charge < -0.3 is 10.1 Å². The number of rotatable bonds is 9. The second-order valence-corrected chi connectivity index (χ2v) is 6.80. The lowest BCUT2D eigenvalue weighted by atomic mass is 10.2. The second-order valence-electron chi connectivity index (χ2n) is 5.42. The van der Waals surface area contributed by atoms with Crippen LogP contribution in [0.2, 0.25) is 5.02 Å². The van der Waals surface area contributed by atoms with Gasteiger partial charge in [-0.25, -0.2) is 0 Å². The van der Waals surface area contributed by atoms with Crippen molar-refractivity contribution in [2.45, 2.75) is 24.7 Å². The van der Waals surface area contributed by atoms with Crippen molar-refractivity contribution in [3.05, 3.63) is 41.9 Å². The van der Waals surface area contributed by atoms with Crippen LogP contribution >= 0.6 is 23.4 Å². The first-order chi connectivity index (χ1) is 12.0. The number of ether oxygens (including phenoxy) is 1. The van der Waals surface area contributed by atoms with Crippen molar-refractivity contribution in [3.63, 3.8) is 0 Å². The van der Waals surface area contributed by atoms with Crippen molar-refractivity contribution in [3.8, 4) is 11.4 Å². The normalized spacial score (nSPS) is 12.0. The fourth-order valence-electron chi connectivity index (χ4n) is 2.24. The lowest BCUT2D eigenvalue weighted by molar-refractivity contribution is -0.119. The molecule has 1 amide bonds. The standard InChI is InChI=1S/C17H21ClN4O2S/c1-4-9-22-16(13-5-7-14(18)8-6-13)20-21-17(22)25-11-15(23)19-12(2)10-24-3/h4-8,12H,1,9-11H2,2-3H3,(H,19,23)/t12-/m0/s1. The second kappa shape index (κ2) is 9.60. The SMILES string of the molecule is C=CCn1c(SCC(=O)N[C@@H](C)COC)nnc1-c1ccc(Cl)cc1. The van der Waals surface area contributed by atoms with Crippen LogP contribution in [0.3, 0.4) is 0 Å². The number of nitrogens with zero attached hydrogens (tertiary/aromatic N) is 3. The number of hydrogen-bond donors (Lipinski definition) is 1. The zero-order chi connectivity index (χ0) is 18.2. The summed E-state index contributed by atoms with van der Waals surface area (Å²) in [6, 6.07) is 7.36. The van der Waals surface area contributed by atoms with Crippen LogP contribution in [0.5, 0.6) is 0 Å². The summed E-state index contributed by atoms with van der Waals surface area (Å²) in [5.41, 5.74) is 0.906. The first kappa shape index (κ1) is 19.5. The molecule has 1 atom stereocenters. The van der Waals surface area contributed by atoms with E-state index in [1.807, 2.05) is 23.6 Å². The predicted molar refractivity (Wildman–Crippen MR) is 101 cm³/mol. The van der Waals surface area contributed by atoms with Crippen molar-refractivity contribution < 1.29 is 9.53 Å². The minimum atomic E-state index is -0.0734. The summed E-state index contributed by atoms with van der Waals surface area (Å²) in [5.74, 6) is 0.896. The molecular formula is C17H21ClN4O2S. The zero-order valence-electron chi connectivity index (χ0n) is 14.2. The summed E-state index contributed by atoms with van der Waals surface area (Å²) in [6.07, 6.45) is 1.77. The van der Waals surface area contributed by atoms with Crippen molar-refractivity contribution in [2.24, 2.45) is 0 Å². The van der Waals surface area contributed by atoms with E-state index in [0.29, 0.717) is 29.2 Å². The van der Waals surface area contributed by atoms with Gasteiger partial charge in [0.05, 0.1) is 12.4 Å². The molecule has 8 heteroatoms. The number of thioether (sulfide) groups is 1. The molecule has 0 spiro atoms. The van der Waals surface area contributed by atoms with Gasteiger partial charge in [0.1, 0.15) is 0 Å². The maximum Gasteiger partial charge on any atom is 0.230 e. The Morgan fingerprint density at radius 2 is 2.16 bits per heavy atom. The number of allylic oxidation sites excluding steroid dienone is 1. The van der Waals surface area contributed by atoms with Crippen LogP contribution in [0.15, 0.2) is 42.1 Å². The first-order valence-corrected chi connectivity index (χ1v) is 9.12. The highest BCUT2D eigenvalue weighted by molar-refractivity contribution is 7.99. The van der Waals surface area contributed by atoms with E-state index in [1.165, 1.54) is 11.8 Å². The minimum Gasteiger partial charge on any atom is -0.383 e. The number of amides is 1. The molecule has 0 fully saturated rings. The molecule has 0 aliphatic rings. The highest BCUT2D eigenvalue weighted by Gasteiger charge is 2.15. The molecule has 0 bridgehead atoms. The van der Waals surface area contributed by atoms with Gasteiger partial charge in [-0.15, -0.1) is 16.8 Å². The Morgan fingerprint density at radius 1 is 1.44 bits per heavy atom. The summed E-state index contributed by atoms with van der Waals surface area (Å²) in [7, 11) is 1.60. The van der Waals surface area contributed by atoms with Crippen LogP contribution in [-0.2, 0) is 16.1 Å². The number of halogens is 1. The fraction of sp³-hybridized carbons (Fsp3) is 0.353. The Kier molecular flexibility index (Phi) is 7.49. The van der Waals surface area contributed by atoms with E-state index >= 15 is 0 Å². The number of aromatic nitrogens is 3. The number of hydrogen-bond acceptors (Lipinski definition) is 5. The maximum absolute atomic E-state index is 12.0. The molecule has 6 nitrogen and oxygen atoms in total. The summed E-state index contributed by atoms with van der Waals surface area (Å²) >= 11 is 7.27. The third-order valence-corrected chi connectivity index (χ3v) is 4.51. The highest BCUT2D eigenvalue weighted by Crippen LogP contribution is 2.25. The van der Waals surface area contributed by atoms with Gasteiger partial charge in [0, 0.05) is 30.3 Å². The summed E-state index contributed by atoms with van der Waals surface area (Å²) in [5, 5.41) is 12.7. The third-order valence-electron chi connectivity index (χ3n) is 3.29. The average Bonchev–Trinajstić information content (AvgIpc) is 2.97. The smallest absolute Gasteiger partial charge is 0.230 e. The molecule has 0 saturated carbocycles. The van der Waals surface area contributed by atoms with E-state index < -0.39 is 0 Å². The Bertz CT molecular complexity index is 718. The van der Waals surface area contributed by atoms with Crippen LogP contribution in [0, 0.1) is 0 Å². The molecule has 1 N–H and O–H groups in total. The molecule has 0 saturated heterocycles. The van der Waals surface area contributed by atoms with Crippen molar-refractivity contribution in [2.75, 3.05) is 19.5 Å². The van der Waals surface area contributed by atoms with Gasteiger partial charge in [0.25, 0.3) is 0 Å². The number of benzene rings is 1. The molecule has 25 heavy (non-hydrogen) atoms. The predicted octanol–water partition coefficient (Wildman–Crippen LogP) is 3.03. The molecule has 0 aliphatic heterocycles. The van der Waals surface area contributed by atoms with Gasteiger partial charge in [0.15, 0.2) is 11.0 Å². The molecule has 2 rings (SSSR count). The Hall–Kier alpha value is -1.83. The van der Waals surface area contributed by atoms with Crippen molar-refractivity contribution >= 4 is 29.3 Å². The molecule has 0 unspecified atom stereocenters. The topological polar surface area (TPSA) is 69.0 Å². The fourth-order valence-corrected chi connectivity index (χ4v) is 3.12. The van der Waals surface area contributed by atoms with E-state index in [4.69, 9.17) is 16.3 Å². The average molecular weight is 381 g/mol. The van der Waals surface area contributed by atoms with E-state index in [9.17, 15) is 4.79 Å². The van der Waals surface area contributed by atoms with Gasteiger partial charge in [0.2, 0.25) is 5.91 Å². The first-order valence-electron chi connectivity index (χ1n) is 7.76. The molecule has 1 heterocycles. The van der Waals surface area contributed by atoms with E-state index in [2.05, 4.69) is 22.1 Å². The highest BCUT2D eigenvalue weighted by atomic mass is 35.5. The monoisotopic (exact) mass is 380 g/mol. The lowest BCUT2D eigenvalue weighted by Crippen LogP contribution is -2.36. The van der Waals surface area contributed by atoms with Crippen molar-refractivity contribution in [1.82, 2.24) is 20.1 Å². The zero-order valence-corrected chi connectivity index (χ0v) is 15.8. The van der Waals surface area contributed by atoms with Gasteiger partial charge in [-0.1, -0.05) is 29.4 Å². The summed E-state index contributed by atoms with van der Waals surface area (Å²) < 4.78 is 6.93. The van der Waals surface area contributed by atoms with Crippen LogP contribution < -0.4 is 5.32 Å². The number of carbonyl (C=O) groups is 1. The van der Waals surface area contributed by atoms with Gasteiger partial charge in [-0.2, -0.15) is 0 Å². The van der Waals surface area contributed by atoms with E-state index in [0.717, 1.165) is 5.56 Å². The number of methoxy groups -OCH3 is 1. The van der Waals surface area contributed by atoms with Crippen molar-refractivity contribution in [1.29, 1.82) is 0 Å². The van der Waals surface area contributed by atoms with E-state index in [-0.39, 0.29) is 17.7 Å². The molecule has 0 aliphatic carbocycles. The lowest BCUT2D eigenvalue weighted by Gasteiger charge is -2.12. The number of carbonyl (C=O) groups excluding carboxylic acids is 1. The molecular weight excluding hydrogens is 360 g/mol. The Labute approximate surface area is 156 Å². The van der Waals surface area contributed by atoms with Crippen LogP contribution in [0.25, 0.3) is 11.4 Å². The Morgan fingerprint density at radius 3 is 2.80 bits per heavy atom. The third kappa shape index (κ3) is 5.59. The quantitative estimate of drug-likeness (QED) is 0.535. The summed E-state index contributed by atoms with van der Waals surface area (Å²) in [4.78, 5) is 12.0. The molecule has 134 valence electrons. The summed E-state index contributed by atoms with van der Waals surface area (Å²) in [6.45, 7) is 6.70. The van der Waals surface area contributed by atoms with Crippen LogP contribution in [-0.4, -0.2) is 46.2 Å². The van der Waals surface area contributed by atoms with Gasteiger partial charge >= 0.3 is 0 Å². The molecule has 2 aromatic rings. The molecule has 0 radical (unpaired) electrons. The Balaban J connectivity index is 2.09. The van der Waals surface area contributed by atoms with Gasteiger partial charge in [-0.05, 0) is 31.2 Å². The largest absolute Gasteiger partial charge is 0.383 e. The number of nitrogens with one attached hydrogen (secondary N) is 1.